The first-order valence-corrected chi connectivity index (χ1v) is 15.4. The third-order valence-electron chi connectivity index (χ3n) is 8.62. The van der Waals surface area contributed by atoms with Crippen LogP contribution >= 0.6 is 0 Å². The van der Waals surface area contributed by atoms with Gasteiger partial charge in [0.2, 0.25) is 5.78 Å². The third kappa shape index (κ3) is 5.87. The molecule has 1 aromatic carbocycles. The lowest BCUT2D eigenvalue weighted by molar-refractivity contribution is -0.153. The first-order valence-electron chi connectivity index (χ1n) is 14.0. The molecule has 3 aliphatic carbocycles. The summed E-state index contributed by atoms with van der Waals surface area (Å²) in [4.78, 5) is 43.0. The number of Topliss-reactive ketones (excluding diaryl/α,β-unsaturated/α-hetero) is 2. The van der Waals surface area contributed by atoms with Crippen LogP contribution in [0, 0.1) is 11.8 Å². The van der Waals surface area contributed by atoms with Gasteiger partial charge in [0.05, 0.1) is 17.3 Å². The first-order chi connectivity index (χ1) is 20.2. The molecule has 0 radical (unpaired) electrons. The highest BCUT2D eigenvalue weighted by molar-refractivity contribution is 7.79. The van der Waals surface area contributed by atoms with E-state index in [1.165, 1.54) is 4.90 Å². The number of benzene rings is 1. The molecule has 16 heteroatoms. The number of hydrogen-bond acceptors (Lipinski definition) is 12. The number of fused-ring (bicyclic) bond motifs is 3. The molecule has 1 fully saturated rings. The lowest BCUT2D eigenvalue weighted by atomic mass is 9.57. The molecule has 44 heavy (non-hydrogen) atoms. The maximum Gasteiger partial charge on any atom is 0.394 e. The summed E-state index contributed by atoms with van der Waals surface area (Å²) in [5, 5.41) is 45.2. The maximum absolute atomic E-state index is 14.0. The zero-order chi connectivity index (χ0) is 33.6. The number of carbonyl (C=O) groups excluding carboxylic acids is 3. The van der Waals surface area contributed by atoms with E-state index in [0.29, 0.717) is 12.1 Å². The van der Waals surface area contributed by atoms with Crippen molar-refractivity contribution in [2.75, 3.05) is 31.3 Å². The van der Waals surface area contributed by atoms with Crippen LogP contribution in [0.25, 0.3) is 5.76 Å². The number of hydrogen-bond donors (Lipinski definition) is 8. The number of amides is 1. The molecule has 1 aromatic rings. The van der Waals surface area contributed by atoms with Crippen molar-refractivity contribution in [3.63, 3.8) is 0 Å². The Bertz CT molecular complexity index is 1540. The van der Waals surface area contributed by atoms with Gasteiger partial charge in [-0.05, 0) is 64.3 Å². The van der Waals surface area contributed by atoms with Crippen molar-refractivity contribution in [3.8, 4) is 5.75 Å². The van der Waals surface area contributed by atoms with Gasteiger partial charge in [-0.2, -0.15) is 8.42 Å². The number of likely N-dealkylation sites (N-methyl/N-ethyl adjacent to an activating group) is 1. The highest BCUT2D eigenvalue weighted by Crippen LogP contribution is 2.54. The van der Waals surface area contributed by atoms with Gasteiger partial charge in [-0.25, -0.2) is 0 Å². The fraction of sp³-hybridized carbons (Fsp3) is 0.536. The van der Waals surface area contributed by atoms with E-state index in [9.17, 15) is 34.8 Å². The largest absolute Gasteiger partial charge is 0.508 e. The second-order valence-corrected chi connectivity index (χ2v) is 12.4. The highest BCUT2D eigenvalue weighted by atomic mass is 32.3. The third-order valence-corrected chi connectivity index (χ3v) is 8.62. The lowest BCUT2D eigenvalue weighted by Crippen LogP contribution is -2.65. The van der Waals surface area contributed by atoms with Gasteiger partial charge in [0.25, 0.3) is 5.91 Å². The van der Waals surface area contributed by atoms with Crippen molar-refractivity contribution in [3.05, 3.63) is 34.1 Å². The fourth-order valence-electron chi connectivity index (χ4n) is 6.61. The smallest absolute Gasteiger partial charge is 0.394 e. The number of nitrogens with zero attached hydrogens (tertiary/aromatic N) is 2. The van der Waals surface area contributed by atoms with Gasteiger partial charge in [0, 0.05) is 29.8 Å². The Labute approximate surface area is 255 Å². The van der Waals surface area contributed by atoms with Gasteiger partial charge in [-0.15, -0.1) is 0 Å². The van der Waals surface area contributed by atoms with Crippen LogP contribution < -0.4 is 16.4 Å². The van der Waals surface area contributed by atoms with E-state index in [1.54, 1.807) is 20.2 Å². The number of anilines is 2. The zero-order valence-corrected chi connectivity index (χ0v) is 25.9. The molecule has 0 saturated heterocycles. The second-order valence-electron chi connectivity index (χ2n) is 11.5. The first kappa shape index (κ1) is 34.8. The topological polar surface area (TPSA) is 265 Å². The standard InChI is InChI=1S/C28H38N4O7.H2O4S/c1-6-8-32(12(3)7-2)17-11-16(29)22(33)19-14(17)9-13-10-15-21(31(4)5)24(35)20(27(30)38)26(37)28(15,39)25(36)18(13)23(19)34;1-5(2,3)4/h11-13,15,21,33-34,37,39H,6-10,29H2,1-5H3,(H2,30,38);(H2,1,2,3,4)/t12?,13?,15?,21-,28-;/m0./s1. The molecule has 10 N–H and O–H groups in total. The van der Waals surface area contributed by atoms with Crippen molar-refractivity contribution < 1.29 is 52.3 Å². The van der Waals surface area contributed by atoms with Crippen molar-refractivity contribution in [1.29, 1.82) is 0 Å². The molecule has 3 aliphatic rings. The van der Waals surface area contributed by atoms with Crippen molar-refractivity contribution in [2.45, 2.75) is 64.1 Å². The molecule has 0 spiro atoms. The van der Waals surface area contributed by atoms with Crippen LogP contribution in [-0.4, -0.2) is 98.6 Å². The molecule has 244 valence electrons. The SMILES string of the molecule is CCCN(c1cc(N)c(O)c2c1CC1CC3[C@H](N(C)C)C(=O)C(C(N)=O)=C(O)[C@@]3(O)C(=O)C1=C2O)C(C)CC.O=S(=O)(O)O. The number of ketones is 2. The van der Waals surface area contributed by atoms with Crippen molar-refractivity contribution in [2.24, 2.45) is 17.6 Å². The molecule has 0 bridgehead atoms. The average molecular weight is 641 g/mol. The van der Waals surface area contributed by atoms with Crippen LogP contribution in [0.3, 0.4) is 0 Å². The molecule has 3 unspecified atom stereocenters. The Balaban J connectivity index is 0.000000978. The normalized spacial score (nSPS) is 25.5. The predicted molar refractivity (Wildman–Crippen MR) is 160 cm³/mol. The Morgan fingerprint density at radius 1 is 1.16 bits per heavy atom. The number of aliphatic hydroxyl groups is 3. The van der Waals surface area contributed by atoms with E-state index in [0.717, 1.165) is 18.5 Å². The van der Waals surface area contributed by atoms with Gasteiger partial charge in [0.15, 0.2) is 11.4 Å². The van der Waals surface area contributed by atoms with Gasteiger partial charge >= 0.3 is 10.4 Å². The van der Waals surface area contributed by atoms with Gasteiger partial charge in [-0.1, -0.05) is 13.8 Å². The molecular formula is C28H40N4O11S. The molecule has 0 heterocycles. The van der Waals surface area contributed by atoms with Gasteiger partial charge < -0.3 is 36.8 Å². The monoisotopic (exact) mass is 640 g/mol. The summed E-state index contributed by atoms with van der Waals surface area (Å²) in [7, 11) is -1.53. The lowest BCUT2D eigenvalue weighted by Gasteiger charge is -2.50. The number of phenolic OH excluding ortho intramolecular Hbond substituents is 1. The predicted octanol–water partition coefficient (Wildman–Crippen LogP) is 0.908. The summed E-state index contributed by atoms with van der Waals surface area (Å²) in [6.45, 7) is 6.87. The van der Waals surface area contributed by atoms with Crippen LogP contribution in [0.1, 0.15) is 51.2 Å². The van der Waals surface area contributed by atoms with E-state index >= 15 is 0 Å². The Morgan fingerprint density at radius 2 is 1.73 bits per heavy atom. The summed E-state index contributed by atoms with van der Waals surface area (Å²) < 4.78 is 31.6. The van der Waals surface area contributed by atoms with Crippen LogP contribution in [0.15, 0.2) is 23.0 Å². The zero-order valence-electron chi connectivity index (χ0n) is 25.1. The quantitative estimate of drug-likeness (QED) is 0.0891. The molecule has 5 atom stereocenters. The number of nitrogen functional groups attached to an aromatic ring is 1. The van der Waals surface area contributed by atoms with E-state index < -0.39 is 68.4 Å². The number of aromatic hydroxyl groups is 1. The number of nitrogens with two attached hydrogens (primary N) is 2. The molecule has 0 aliphatic heterocycles. The molecule has 1 saturated carbocycles. The molecule has 15 nitrogen and oxygen atoms in total. The summed E-state index contributed by atoms with van der Waals surface area (Å²) in [6, 6.07) is 0.667. The summed E-state index contributed by atoms with van der Waals surface area (Å²) in [5.41, 5.74) is 9.21. The molecular weight excluding hydrogens is 600 g/mol. The molecule has 0 aromatic heterocycles. The molecule has 4 rings (SSSR count). The van der Waals surface area contributed by atoms with E-state index in [1.807, 2.05) is 6.92 Å². The van der Waals surface area contributed by atoms with E-state index in [-0.39, 0.29) is 41.5 Å². The minimum atomic E-state index is -4.67. The van der Waals surface area contributed by atoms with Crippen LogP contribution in [0.4, 0.5) is 11.4 Å². The van der Waals surface area contributed by atoms with Crippen LogP contribution in [-0.2, 0) is 31.2 Å². The number of rotatable bonds is 7. The number of phenols is 1. The summed E-state index contributed by atoms with van der Waals surface area (Å²) in [5.74, 6) is -6.90. The number of aliphatic hydroxyl groups excluding tert-OH is 2. The van der Waals surface area contributed by atoms with Crippen molar-refractivity contribution in [1.82, 2.24) is 4.90 Å². The van der Waals surface area contributed by atoms with Crippen LogP contribution in [0.2, 0.25) is 0 Å². The van der Waals surface area contributed by atoms with Gasteiger partial charge in [0.1, 0.15) is 22.8 Å². The maximum atomic E-state index is 14.0. The average Bonchev–Trinajstić information content (AvgIpc) is 2.89. The summed E-state index contributed by atoms with van der Waals surface area (Å²) in [6.07, 6.45) is 1.92. The minimum Gasteiger partial charge on any atom is -0.508 e. The highest BCUT2D eigenvalue weighted by Gasteiger charge is 2.64. The second kappa shape index (κ2) is 12.4. The number of carbonyl (C=O) groups is 3. The van der Waals surface area contributed by atoms with Crippen LogP contribution in [0.5, 0.6) is 5.75 Å². The van der Waals surface area contributed by atoms with Gasteiger partial charge in [-0.3, -0.25) is 28.4 Å². The van der Waals surface area contributed by atoms with E-state index in [4.69, 9.17) is 29.0 Å². The Morgan fingerprint density at radius 3 is 2.20 bits per heavy atom. The molecule has 1 amide bonds. The van der Waals surface area contributed by atoms with E-state index in [2.05, 4.69) is 18.7 Å². The summed E-state index contributed by atoms with van der Waals surface area (Å²) >= 11 is 0. The Hall–Kier alpha value is -3.70. The van der Waals surface area contributed by atoms with Crippen molar-refractivity contribution >= 4 is 45.0 Å². The minimum absolute atomic E-state index is 0.00527. The Kier molecular flexibility index (Phi) is 9.77. The number of primary amides is 1. The fourth-order valence-corrected chi connectivity index (χ4v) is 6.61.